The minimum atomic E-state index is -0.861. The summed E-state index contributed by atoms with van der Waals surface area (Å²) >= 11 is 0. The van der Waals surface area contributed by atoms with Crippen LogP contribution in [0.3, 0.4) is 0 Å². The van der Waals surface area contributed by atoms with E-state index in [0.29, 0.717) is 5.82 Å². The van der Waals surface area contributed by atoms with Crippen molar-refractivity contribution in [2.45, 2.75) is 6.92 Å². The molecule has 0 aliphatic rings. The van der Waals surface area contributed by atoms with Crippen molar-refractivity contribution < 1.29 is 13.6 Å². The van der Waals surface area contributed by atoms with E-state index in [9.17, 15) is 13.6 Å². The highest BCUT2D eigenvalue weighted by Crippen LogP contribution is 2.20. The summed E-state index contributed by atoms with van der Waals surface area (Å²) in [7, 11) is 0. The highest BCUT2D eigenvalue weighted by atomic mass is 19.1. The molecule has 2 N–H and O–H groups in total. The molecule has 0 saturated carbocycles. The van der Waals surface area contributed by atoms with Crippen LogP contribution in [0.1, 0.15) is 16.1 Å². The minimum absolute atomic E-state index is 0.0211. The van der Waals surface area contributed by atoms with E-state index in [2.05, 4.69) is 20.6 Å². The van der Waals surface area contributed by atoms with Gasteiger partial charge in [-0.2, -0.15) is 0 Å². The summed E-state index contributed by atoms with van der Waals surface area (Å²) in [6.45, 7) is 1.97. The lowest BCUT2D eigenvalue weighted by Crippen LogP contribution is -2.16. The second kappa shape index (κ2) is 7.04. The fourth-order valence-electron chi connectivity index (χ4n) is 2.13. The van der Waals surface area contributed by atoms with E-state index in [1.165, 1.54) is 18.5 Å². The molecular weight excluding hydrogens is 326 g/mol. The molecule has 0 atom stereocenters. The van der Waals surface area contributed by atoms with Gasteiger partial charge in [0.05, 0.1) is 0 Å². The average molecular weight is 340 g/mol. The van der Waals surface area contributed by atoms with Crippen molar-refractivity contribution in [2.75, 3.05) is 10.6 Å². The van der Waals surface area contributed by atoms with Gasteiger partial charge in [-0.15, -0.1) is 0 Å². The summed E-state index contributed by atoms with van der Waals surface area (Å²) < 4.78 is 27.3. The lowest BCUT2D eigenvalue weighted by atomic mass is 10.2. The SMILES string of the molecule is Cc1ccc(Nc2cc(C(=O)Nc3c(F)cccc3F)ncn2)cc1. The number of para-hydroxylation sites is 1. The molecule has 2 aromatic carbocycles. The van der Waals surface area contributed by atoms with Gasteiger partial charge in [0.15, 0.2) is 0 Å². The lowest BCUT2D eigenvalue weighted by Gasteiger charge is -2.09. The number of nitrogens with zero attached hydrogens (tertiary/aromatic N) is 2. The molecule has 1 heterocycles. The predicted molar refractivity (Wildman–Crippen MR) is 90.8 cm³/mol. The van der Waals surface area contributed by atoms with Crippen LogP contribution in [0, 0.1) is 18.6 Å². The van der Waals surface area contributed by atoms with Crippen molar-refractivity contribution in [1.82, 2.24) is 9.97 Å². The Bertz CT molecular complexity index is 893. The molecule has 3 aromatic rings. The average Bonchev–Trinajstić information content (AvgIpc) is 2.60. The Morgan fingerprint density at radius 2 is 1.68 bits per heavy atom. The van der Waals surface area contributed by atoms with Gasteiger partial charge in [0.1, 0.15) is 35.2 Å². The molecule has 0 spiro atoms. The Labute approximate surface area is 142 Å². The fourth-order valence-corrected chi connectivity index (χ4v) is 2.13. The smallest absolute Gasteiger partial charge is 0.274 e. The first-order valence-electron chi connectivity index (χ1n) is 7.44. The van der Waals surface area contributed by atoms with Gasteiger partial charge in [0, 0.05) is 11.8 Å². The molecule has 5 nitrogen and oxygen atoms in total. The molecule has 3 rings (SSSR count). The second-order valence-electron chi connectivity index (χ2n) is 5.33. The predicted octanol–water partition coefficient (Wildman–Crippen LogP) is 4.06. The van der Waals surface area contributed by atoms with Gasteiger partial charge in [-0.25, -0.2) is 18.7 Å². The lowest BCUT2D eigenvalue weighted by molar-refractivity contribution is 0.102. The Balaban J connectivity index is 1.78. The van der Waals surface area contributed by atoms with Gasteiger partial charge in [-0.3, -0.25) is 4.79 Å². The zero-order valence-corrected chi connectivity index (χ0v) is 13.3. The van der Waals surface area contributed by atoms with Crippen LogP contribution in [0.4, 0.5) is 26.0 Å². The normalized spacial score (nSPS) is 10.4. The maximum atomic E-state index is 13.6. The van der Waals surface area contributed by atoms with E-state index < -0.39 is 23.2 Å². The van der Waals surface area contributed by atoms with Crippen molar-refractivity contribution >= 4 is 23.1 Å². The number of aromatic nitrogens is 2. The number of hydrogen-bond donors (Lipinski definition) is 2. The van der Waals surface area contributed by atoms with E-state index in [1.54, 1.807) is 0 Å². The van der Waals surface area contributed by atoms with E-state index >= 15 is 0 Å². The number of rotatable bonds is 4. The van der Waals surface area contributed by atoms with Gasteiger partial charge < -0.3 is 10.6 Å². The molecular formula is C18H14F2N4O. The van der Waals surface area contributed by atoms with Gasteiger partial charge in [0.25, 0.3) is 5.91 Å². The number of amides is 1. The van der Waals surface area contributed by atoms with Crippen LogP contribution in [-0.4, -0.2) is 15.9 Å². The minimum Gasteiger partial charge on any atom is -0.340 e. The molecule has 0 saturated heterocycles. The molecule has 0 unspecified atom stereocenters. The number of halogens is 2. The quantitative estimate of drug-likeness (QED) is 0.752. The topological polar surface area (TPSA) is 66.9 Å². The molecule has 1 aromatic heterocycles. The fraction of sp³-hybridized carbons (Fsp3) is 0.0556. The van der Waals surface area contributed by atoms with Crippen LogP contribution in [-0.2, 0) is 0 Å². The molecule has 0 fully saturated rings. The molecule has 0 aliphatic heterocycles. The third kappa shape index (κ3) is 3.95. The van der Waals surface area contributed by atoms with Crippen LogP contribution in [0.2, 0.25) is 0 Å². The number of carbonyl (C=O) groups is 1. The van der Waals surface area contributed by atoms with Crippen LogP contribution >= 0.6 is 0 Å². The summed E-state index contributed by atoms with van der Waals surface area (Å²) in [5.74, 6) is -2.07. The summed E-state index contributed by atoms with van der Waals surface area (Å²) in [5.41, 5.74) is 1.36. The van der Waals surface area contributed by atoms with Crippen molar-refractivity contribution in [3.8, 4) is 0 Å². The maximum Gasteiger partial charge on any atom is 0.274 e. The molecule has 0 bridgehead atoms. The van der Waals surface area contributed by atoms with Gasteiger partial charge in [-0.1, -0.05) is 23.8 Å². The van der Waals surface area contributed by atoms with Crippen molar-refractivity contribution in [3.63, 3.8) is 0 Å². The first-order chi connectivity index (χ1) is 12.0. The zero-order chi connectivity index (χ0) is 17.8. The van der Waals surface area contributed by atoms with Crippen LogP contribution in [0.5, 0.6) is 0 Å². The standard InChI is InChI=1S/C18H14F2N4O/c1-11-5-7-12(8-6-11)23-16-9-15(21-10-22-16)18(25)24-17-13(19)3-2-4-14(17)20/h2-10H,1H3,(H,24,25)(H,21,22,23). The highest BCUT2D eigenvalue weighted by Gasteiger charge is 2.15. The number of anilines is 3. The number of aryl methyl sites for hydroxylation is 1. The first kappa shape index (κ1) is 16.5. The van der Waals surface area contributed by atoms with Crippen LogP contribution in [0.15, 0.2) is 54.9 Å². The Hall–Kier alpha value is -3.35. The van der Waals surface area contributed by atoms with E-state index in [4.69, 9.17) is 0 Å². The van der Waals surface area contributed by atoms with Crippen LogP contribution in [0.25, 0.3) is 0 Å². The molecule has 126 valence electrons. The summed E-state index contributed by atoms with van der Waals surface area (Å²) in [6, 6.07) is 12.3. The maximum absolute atomic E-state index is 13.6. The Morgan fingerprint density at radius 1 is 1.00 bits per heavy atom. The van der Waals surface area contributed by atoms with Crippen molar-refractivity contribution in [3.05, 3.63) is 77.8 Å². The van der Waals surface area contributed by atoms with Crippen molar-refractivity contribution in [2.24, 2.45) is 0 Å². The number of benzene rings is 2. The second-order valence-corrected chi connectivity index (χ2v) is 5.33. The van der Waals surface area contributed by atoms with Crippen molar-refractivity contribution in [1.29, 1.82) is 0 Å². The molecule has 7 heteroatoms. The monoisotopic (exact) mass is 340 g/mol. The van der Waals surface area contributed by atoms with Gasteiger partial charge >= 0.3 is 0 Å². The molecule has 25 heavy (non-hydrogen) atoms. The molecule has 0 aliphatic carbocycles. The number of nitrogens with one attached hydrogen (secondary N) is 2. The summed E-state index contributed by atoms with van der Waals surface area (Å²) in [6.07, 6.45) is 1.20. The van der Waals surface area contributed by atoms with E-state index in [1.807, 2.05) is 31.2 Å². The zero-order valence-electron chi connectivity index (χ0n) is 13.3. The van der Waals surface area contributed by atoms with E-state index in [-0.39, 0.29) is 5.69 Å². The Kier molecular flexibility index (Phi) is 4.65. The third-order valence-electron chi connectivity index (χ3n) is 3.42. The highest BCUT2D eigenvalue weighted by molar-refractivity contribution is 6.03. The number of hydrogen-bond acceptors (Lipinski definition) is 4. The molecule has 1 amide bonds. The first-order valence-corrected chi connectivity index (χ1v) is 7.44. The summed E-state index contributed by atoms with van der Waals surface area (Å²) in [4.78, 5) is 20.1. The van der Waals surface area contributed by atoms with E-state index in [0.717, 1.165) is 23.4 Å². The largest absolute Gasteiger partial charge is 0.340 e. The Morgan fingerprint density at radius 3 is 2.36 bits per heavy atom. The number of carbonyl (C=O) groups excluding carboxylic acids is 1. The molecule has 0 radical (unpaired) electrons. The van der Waals surface area contributed by atoms with Crippen LogP contribution < -0.4 is 10.6 Å². The third-order valence-corrected chi connectivity index (χ3v) is 3.42. The van der Waals surface area contributed by atoms with Gasteiger partial charge in [0.2, 0.25) is 0 Å². The summed E-state index contributed by atoms with van der Waals surface area (Å²) in [5, 5.41) is 5.22. The van der Waals surface area contributed by atoms with Gasteiger partial charge in [-0.05, 0) is 31.2 Å².